The quantitative estimate of drug-likeness (QED) is 0.618. The number of nitrogens with two attached hydrogens (primary N) is 2. The van der Waals surface area contributed by atoms with Crippen LogP contribution in [0.1, 0.15) is 20.3 Å². The zero-order chi connectivity index (χ0) is 10.5. The lowest BCUT2D eigenvalue weighted by Crippen LogP contribution is -2.40. The molecule has 0 aliphatic rings. The van der Waals surface area contributed by atoms with Crippen molar-refractivity contribution < 1.29 is 8.42 Å². The number of hydrogen-bond donors (Lipinski definition) is 2. The predicted octanol–water partition coefficient (Wildman–Crippen LogP) is -0.503. The molecule has 0 aromatic heterocycles. The molecule has 5 nitrogen and oxygen atoms in total. The summed E-state index contributed by atoms with van der Waals surface area (Å²) in [4.78, 5) is 0. The van der Waals surface area contributed by atoms with Crippen LogP contribution >= 0.6 is 0 Å². The van der Waals surface area contributed by atoms with Gasteiger partial charge in [0.1, 0.15) is 0 Å². The van der Waals surface area contributed by atoms with Crippen molar-refractivity contribution >= 4 is 10.2 Å². The first-order valence-corrected chi connectivity index (χ1v) is 5.86. The van der Waals surface area contributed by atoms with E-state index in [0.717, 1.165) is 0 Å². The minimum Gasteiger partial charge on any atom is -0.330 e. The summed E-state index contributed by atoms with van der Waals surface area (Å²) in [5, 5.41) is 5.03. The molecule has 6 heteroatoms. The molecule has 0 spiro atoms. The fraction of sp³-hybridized carbons (Fsp3) is 1.00. The normalized spacial score (nSPS) is 12.8. The molecule has 0 heterocycles. The second-order valence-electron chi connectivity index (χ2n) is 3.44. The van der Waals surface area contributed by atoms with Crippen LogP contribution in [-0.2, 0) is 10.2 Å². The maximum Gasteiger partial charge on any atom is 0.276 e. The van der Waals surface area contributed by atoms with Crippen LogP contribution in [0, 0.1) is 5.92 Å². The third-order valence-electron chi connectivity index (χ3n) is 1.54. The molecular weight excluding hydrogens is 190 g/mol. The van der Waals surface area contributed by atoms with Gasteiger partial charge in [0.2, 0.25) is 0 Å². The van der Waals surface area contributed by atoms with Crippen LogP contribution < -0.4 is 10.9 Å². The molecule has 0 saturated heterocycles. The van der Waals surface area contributed by atoms with Gasteiger partial charge in [-0.3, -0.25) is 0 Å². The van der Waals surface area contributed by atoms with E-state index in [1.807, 2.05) is 13.8 Å². The minimum absolute atomic E-state index is 0.274. The summed E-state index contributed by atoms with van der Waals surface area (Å²) < 4.78 is 23.3. The van der Waals surface area contributed by atoms with Crippen molar-refractivity contribution in [1.82, 2.24) is 4.31 Å². The number of rotatable bonds is 6. The Bertz CT molecular complexity index is 226. The zero-order valence-electron chi connectivity index (χ0n) is 8.23. The van der Waals surface area contributed by atoms with Crippen LogP contribution in [0.2, 0.25) is 0 Å². The Morgan fingerprint density at radius 2 is 1.92 bits per heavy atom. The molecule has 0 rings (SSSR count). The second kappa shape index (κ2) is 5.54. The van der Waals surface area contributed by atoms with E-state index in [9.17, 15) is 8.42 Å². The summed E-state index contributed by atoms with van der Waals surface area (Å²) in [5.41, 5.74) is 5.29. The number of nitrogens with zero attached hydrogens (tertiary/aromatic N) is 1. The Labute approximate surface area is 80.3 Å². The molecule has 0 aromatic carbocycles. The highest BCUT2D eigenvalue weighted by molar-refractivity contribution is 7.86. The summed E-state index contributed by atoms with van der Waals surface area (Å²) in [6.07, 6.45) is 0.642. The predicted molar refractivity (Wildman–Crippen MR) is 53.2 cm³/mol. The maximum atomic E-state index is 11.0. The lowest BCUT2D eigenvalue weighted by Gasteiger charge is -2.20. The van der Waals surface area contributed by atoms with Crippen LogP contribution in [0.3, 0.4) is 0 Å². The van der Waals surface area contributed by atoms with E-state index in [1.54, 1.807) is 0 Å². The van der Waals surface area contributed by atoms with E-state index < -0.39 is 10.2 Å². The molecular formula is C7H19N3O2S. The second-order valence-corrected chi connectivity index (χ2v) is 4.99. The van der Waals surface area contributed by atoms with Gasteiger partial charge < -0.3 is 5.73 Å². The first kappa shape index (κ1) is 12.8. The van der Waals surface area contributed by atoms with Gasteiger partial charge >= 0.3 is 0 Å². The number of hydrogen-bond acceptors (Lipinski definition) is 3. The van der Waals surface area contributed by atoms with Gasteiger partial charge in [-0.2, -0.15) is 12.7 Å². The van der Waals surface area contributed by atoms with Crippen molar-refractivity contribution in [2.24, 2.45) is 16.8 Å². The topological polar surface area (TPSA) is 89.4 Å². The Morgan fingerprint density at radius 3 is 2.23 bits per heavy atom. The SMILES string of the molecule is CC(C)CN(CCCN)S(N)(=O)=O. The van der Waals surface area contributed by atoms with Crippen LogP contribution in [0.15, 0.2) is 0 Å². The van der Waals surface area contributed by atoms with Gasteiger partial charge in [0.05, 0.1) is 0 Å². The highest BCUT2D eigenvalue weighted by atomic mass is 32.2. The third kappa shape index (κ3) is 5.98. The molecule has 0 bridgehead atoms. The lowest BCUT2D eigenvalue weighted by atomic mass is 10.2. The van der Waals surface area contributed by atoms with Crippen molar-refractivity contribution in [2.75, 3.05) is 19.6 Å². The van der Waals surface area contributed by atoms with Gasteiger partial charge in [-0.1, -0.05) is 13.8 Å². The highest BCUT2D eigenvalue weighted by Crippen LogP contribution is 2.02. The summed E-state index contributed by atoms with van der Waals surface area (Å²) in [7, 11) is -3.55. The van der Waals surface area contributed by atoms with Gasteiger partial charge in [-0.15, -0.1) is 0 Å². The summed E-state index contributed by atoms with van der Waals surface area (Å²) in [6, 6.07) is 0. The molecule has 0 radical (unpaired) electrons. The largest absolute Gasteiger partial charge is 0.330 e. The third-order valence-corrected chi connectivity index (χ3v) is 2.59. The first-order valence-electron chi connectivity index (χ1n) is 4.36. The van der Waals surface area contributed by atoms with Gasteiger partial charge in [-0.25, -0.2) is 5.14 Å². The van der Waals surface area contributed by atoms with Crippen LogP contribution in [-0.4, -0.2) is 32.4 Å². The van der Waals surface area contributed by atoms with Crippen LogP contribution in [0.5, 0.6) is 0 Å². The molecule has 13 heavy (non-hydrogen) atoms. The van der Waals surface area contributed by atoms with E-state index in [4.69, 9.17) is 10.9 Å². The fourth-order valence-corrected chi connectivity index (χ4v) is 1.89. The van der Waals surface area contributed by atoms with E-state index in [1.165, 1.54) is 4.31 Å². The molecule has 0 aromatic rings. The molecule has 0 fully saturated rings. The average molecular weight is 209 g/mol. The summed E-state index contributed by atoms with van der Waals surface area (Å²) >= 11 is 0. The lowest BCUT2D eigenvalue weighted by molar-refractivity contribution is 0.365. The van der Waals surface area contributed by atoms with E-state index >= 15 is 0 Å². The van der Waals surface area contributed by atoms with Crippen LogP contribution in [0.25, 0.3) is 0 Å². The van der Waals surface area contributed by atoms with Crippen molar-refractivity contribution in [1.29, 1.82) is 0 Å². The molecule has 4 N–H and O–H groups in total. The van der Waals surface area contributed by atoms with Crippen molar-refractivity contribution in [2.45, 2.75) is 20.3 Å². The van der Waals surface area contributed by atoms with E-state index in [2.05, 4.69) is 0 Å². The van der Waals surface area contributed by atoms with Crippen molar-refractivity contribution in [3.8, 4) is 0 Å². The van der Waals surface area contributed by atoms with E-state index in [-0.39, 0.29) is 5.92 Å². The Hall–Kier alpha value is -0.170. The zero-order valence-corrected chi connectivity index (χ0v) is 9.05. The molecule has 0 atom stereocenters. The Balaban J connectivity index is 4.21. The first-order chi connectivity index (χ1) is 5.88. The molecule has 0 aliphatic carbocycles. The van der Waals surface area contributed by atoms with Crippen LogP contribution in [0.4, 0.5) is 0 Å². The molecule has 80 valence electrons. The minimum atomic E-state index is -3.55. The Morgan fingerprint density at radius 1 is 1.38 bits per heavy atom. The monoisotopic (exact) mass is 209 g/mol. The average Bonchev–Trinajstić information content (AvgIpc) is 1.95. The smallest absolute Gasteiger partial charge is 0.276 e. The van der Waals surface area contributed by atoms with E-state index in [0.29, 0.717) is 26.1 Å². The van der Waals surface area contributed by atoms with Gasteiger partial charge in [0.25, 0.3) is 10.2 Å². The summed E-state index contributed by atoms with van der Waals surface area (Å²) in [6.45, 7) is 5.23. The van der Waals surface area contributed by atoms with Crippen molar-refractivity contribution in [3.63, 3.8) is 0 Å². The molecule has 0 aliphatic heterocycles. The van der Waals surface area contributed by atoms with Gasteiger partial charge in [-0.05, 0) is 18.9 Å². The standard InChI is InChI=1S/C7H19N3O2S/c1-7(2)6-10(5-3-4-8)13(9,11)12/h7H,3-6,8H2,1-2H3,(H2,9,11,12). The van der Waals surface area contributed by atoms with Crippen molar-refractivity contribution in [3.05, 3.63) is 0 Å². The molecule has 0 unspecified atom stereocenters. The molecule has 0 amide bonds. The molecule has 0 saturated carbocycles. The van der Waals surface area contributed by atoms with Gasteiger partial charge in [0.15, 0.2) is 0 Å². The fourth-order valence-electron chi connectivity index (χ4n) is 0.997. The summed E-state index contributed by atoms with van der Waals surface area (Å²) in [5.74, 6) is 0.274. The van der Waals surface area contributed by atoms with Gasteiger partial charge in [0, 0.05) is 13.1 Å². The highest BCUT2D eigenvalue weighted by Gasteiger charge is 2.17. The Kier molecular flexibility index (Phi) is 5.46. The maximum absolute atomic E-state index is 11.0.